The van der Waals surface area contributed by atoms with Gasteiger partial charge in [-0.2, -0.15) is 13.2 Å². The maximum absolute atomic E-state index is 13.6. The molecule has 0 amide bonds. The Labute approximate surface area is 155 Å². The average Bonchev–Trinajstić information content (AvgIpc) is 2.72. The Hall–Kier alpha value is -1.09. The zero-order valence-corrected chi connectivity index (χ0v) is 15.7. The molecule has 140 valence electrons. The number of hydrogen-bond donors (Lipinski definition) is 3. The molecule has 1 aromatic rings. The summed E-state index contributed by atoms with van der Waals surface area (Å²) in [4.78, 5) is 0. The quantitative estimate of drug-likeness (QED) is 0.666. The largest absolute Gasteiger partial charge is 0.438 e. The van der Waals surface area contributed by atoms with Crippen molar-refractivity contribution in [2.24, 2.45) is 5.92 Å². The fourth-order valence-electron chi connectivity index (χ4n) is 3.22. The number of hydrazine groups is 1. The van der Waals surface area contributed by atoms with Crippen LogP contribution in [0.1, 0.15) is 33.6 Å². The molecule has 2 rings (SSSR count). The number of alkyl halides is 3. The third-order valence-electron chi connectivity index (χ3n) is 4.02. The predicted octanol–water partition coefficient (Wildman–Crippen LogP) is 4.30. The molecular formula is C16H21ClF3N3OS. The fourth-order valence-corrected chi connectivity index (χ4v) is 3.71. The molecule has 1 heterocycles. The van der Waals surface area contributed by atoms with Crippen LogP contribution in [0.25, 0.3) is 0 Å². The molecule has 0 aliphatic carbocycles. The van der Waals surface area contributed by atoms with Crippen LogP contribution in [0.4, 0.5) is 18.9 Å². The smallest absolute Gasteiger partial charge is 0.362 e. The SMILES string of the molecule is CC(C)CC1(C)CC(O)(C(F)(F)F)N(C(=S)Nc2ccccc2Cl)N1. The van der Waals surface area contributed by atoms with Crippen LogP contribution in [0, 0.1) is 5.92 Å². The Bertz CT molecular complexity index is 658. The van der Waals surface area contributed by atoms with Crippen molar-refractivity contribution in [3.63, 3.8) is 0 Å². The summed E-state index contributed by atoms with van der Waals surface area (Å²) in [6, 6.07) is 6.54. The molecule has 0 saturated carbocycles. The van der Waals surface area contributed by atoms with Crippen LogP contribution in [0.5, 0.6) is 0 Å². The van der Waals surface area contributed by atoms with E-state index in [9.17, 15) is 18.3 Å². The van der Waals surface area contributed by atoms with Gasteiger partial charge < -0.3 is 10.4 Å². The molecule has 0 bridgehead atoms. The van der Waals surface area contributed by atoms with E-state index >= 15 is 0 Å². The average molecular weight is 396 g/mol. The fraction of sp³-hybridized carbons (Fsp3) is 0.562. The highest BCUT2D eigenvalue weighted by Crippen LogP contribution is 2.45. The number of aliphatic hydroxyl groups is 1. The van der Waals surface area contributed by atoms with Crippen molar-refractivity contribution >= 4 is 34.6 Å². The highest BCUT2D eigenvalue weighted by atomic mass is 35.5. The first kappa shape index (κ1) is 20.2. The number of anilines is 1. The Morgan fingerprint density at radius 3 is 2.56 bits per heavy atom. The highest BCUT2D eigenvalue weighted by Gasteiger charge is 2.66. The number of nitrogens with one attached hydrogen (secondary N) is 2. The van der Waals surface area contributed by atoms with Crippen molar-refractivity contribution in [2.45, 2.75) is 51.1 Å². The van der Waals surface area contributed by atoms with Gasteiger partial charge in [-0.05, 0) is 43.6 Å². The second-order valence-electron chi connectivity index (χ2n) is 7.01. The first-order valence-corrected chi connectivity index (χ1v) is 8.59. The molecule has 3 N–H and O–H groups in total. The summed E-state index contributed by atoms with van der Waals surface area (Å²) in [6.07, 6.45) is -4.98. The summed E-state index contributed by atoms with van der Waals surface area (Å²) >= 11 is 11.1. The molecule has 9 heteroatoms. The van der Waals surface area contributed by atoms with E-state index in [1.165, 1.54) is 0 Å². The van der Waals surface area contributed by atoms with Gasteiger partial charge in [-0.1, -0.05) is 37.6 Å². The van der Waals surface area contributed by atoms with Crippen LogP contribution >= 0.6 is 23.8 Å². The van der Waals surface area contributed by atoms with E-state index in [0.717, 1.165) is 0 Å². The van der Waals surface area contributed by atoms with Gasteiger partial charge in [0.05, 0.1) is 10.7 Å². The number of benzene rings is 1. The molecule has 1 saturated heterocycles. The molecule has 2 atom stereocenters. The second-order valence-corrected chi connectivity index (χ2v) is 7.80. The van der Waals surface area contributed by atoms with Gasteiger partial charge >= 0.3 is 6.18 Å². The Kier molecular flexibility index (Phi) is 5.59. The van der Waals surface area contributed by atoms with Crippen LogP contribution in [0.2, 0.25) is 5.02 Å². The minimum absolute atomic E-state index is 0.139. The standard InChI is InChI=1S/C16H21ClF3N3OS/c1-10(2)8-14(3)9-15(24,16(18,19)20)23(22-14)13(25)21-12-7-5-4-6-11(12)17/h4-7,10,22,24H,8-9H2,1-3H3,(H,21,25). The molecule has 1 fully saturated rings. The molecule has 1 aromatic carbocycles. The second kappa shape index (κ2) is 6.90. The van der Waals surface area contributed by atoms with Gasteiger partial charge in [0, 0.05) is 12.0 Å². The predicted molar refractivity (Wildman–Crippen MR) is 96.1 cm³/mol. The first-order chi connectivity index (χ1) is 11.4. The lowest BCUT2D eigenvalue weighted by Crippen LogP contribution is -2.61. The molecule has 1 aliphatic heterocycles. The summed E-state index contributed by atoms with van der Waals surface area (Å²) in [5, 5.41) is 13.7. The topological polar surface area (TPSA) is 47.5 Å². The number of para-hydroxylation sites is 1. The summed E-state index contributed by atoms with van der Waals surface area (Å²) in [6.45, 7) is 5.45. The van der Waals surface area contributed by atoms with Crippen LogP contribution in [-0.2, 0) is 0 Å². The molecule has 0 radical (unpaired) electrons. The van der Waals surface area contributed by atoms with Crippen molar-refractivity contribution in [3.05, 3.63) is 29.3 Å². The van der Waals surface area contributed by atoms with E-state index in [2.05, 4.69) is 10.7 Å². The maximum Gasteiger partial charge on any atom is 0.438 e. The minimum Gasteiger partial charge on any atom is -0.362 e. The summed E-state index contributed by atoms with van der Waals surface area (Å²) in [5.74, 6) is 0.139. The van der Waals surface area contributed by atoms with E-state index in [0.29, 0.717) is 22.1 Å². The lowest BCUT2D eigenvalue weighted by molar-refractivity contribution is -0.296. The van der Waals surface area contributed by atoms with Crippen molar-refractivity contribution in [2.75, 3.05) is 5.32 Å². The van der Waals surface area contributed by atoms with Crippen molar-refractivity contribution in [3.8, 4) is 0 Å². The third-order valence-corrected chi connectivity index (χ3v) is 4.63. The molecule has 2 unspecified atom stereocenters. The molecular weight excluding hydrogens is 375 g/mol. The van der Waals surface area contributed by atoms with Gasteiger partial charge in [-0.25, -0.2) is 10.4 Å². The molecule has 4 nitrogen and oxygen atoms in total. The van der Waals surface area contributed by atoms with Gasteiger partial charge in [-0.3, -0.25) is 0 Å². The number of thiocarbonyl (C=S) groups is 1. The molecule has 0 spiro atoms. The van der Waals surface area contributed by atoms with Gasteiger partial charge in [0.25, 0.3) is 5.72 Å². The van der Waals surface area contributed by atoms with Gasteiger partial charge in [0.15, 0.2) is 5.11 Å². The lowest BCUT2D eigenvalue weighted by atomic mass is 9.86. The lowest BCUT2D eigenvalue weighted by Gasteiger charge is -2.35. The number of halogens is 4. The van der Waals surface area contributed by atoms with Crippen LogP contribution in [0.15, 0.2) is 24.3 Å². The van der Waals surface area contributed by atoms with E-state index in [4.69, 9.17) is 23.8 Å². The number of nitrogens with zero attached hydrogens (tertiary/aromatic N) is 1. The van der Waals surface area contributed by atoms with Crippen LogP contribution in [-0.4, -0.2) is 32.7 Å². The summed E-state index contributed by atoms with van der Waals surface area (Å²) in [7, 11) is 0. The summed E-state index contributed by atoms with van der Waals surface area (Å²) < 4.78 is 40.8. The highest BCUT2D eigenvalue weighted by molar-refractivity contribution is 7.80. The van der Waals surface area contributed by atoms with Gasteiger partial charge in [0.2, 0.25) is 0 Å². The number of hydrogen-bond acceptors (Lipinski definition) is 3. The first-order valence-electron chi connectivity index (χ1n) is 7.81. The summed E-state index contributed by atoms with van der Waals surface area (Å²) in [5.41, 5.74) is -0.952. The minimum atomic E-state index is -4.89. The van der Waals surface area contributed by atoms with E-state index < -0.39 is 23.9 Å². The van der Waals surface area contributed by atoms with E-state index in [1.54, 1.807) is 31.2 Å². The molecule has 0 aromatic heterocycles. The zero-order chi connectivity index (χ0) is 19.0. The third kappa shape index (κ3) is 4.19. The Morgan fingerprint density at radius 2 is 2.04 bits per heavy atom. The van der Waals surface area contributed by atoms with Crippen molar-refractivity contribution < 1.29 is 18.3 Å². The van der Waals surface area contributed by atoms with E-state index in [1.807, 2.05) is 13.8 Å². The monoisotopic (exact) mass is 395 g/mol. The zero-order valence-electron chi connectivity index (χ0n) is 14.1. The van der Waals surface area contributed by atoms with Gasteiger partial charge in [0.1, 0.15) is 0 Å². The Balaban J connectivity index is 2.32. The van der Waals surface area contributed by atoms with Gasteiger partial charge in [-0.15, -0.1) is 0 Å². The maximum atomic E-state index is 13.6. The number of rotatable bonds is 3. The van der Waals surface area contributed by atoms with Crippen LogP contribution < -0.4 is 10.7 Å². The normalized spacial score (nSPS) is 27.0. The molecule has 25 heavy (non-hydrogen) atoms. The molecule has 1 aliphatic rings. The van der Waals surface area contributed by atoms with Crippen molar-refractivity contribution in [1.82, 2.24) is 10.4 Å². The van der Waals surface area contributed by atoms with E-state index in [-0.39, 0.29) is 11.0 Å². The van der Waals surface area contributed by atoms with Crippen molar-refractivity contribution in [1.29, 1.82) is 0 Å². The van der Waals surface area contributed by atoms with Crippen LogP contribution in [0.3, 0.4) is 0 Å². The Morgan fingerprint density at radius 1 is 1.44 bits per heavy atom.